The fourth-order valence-electron chi connectivity index (χ4n) is 4.60. The van der Waals surface area contributed by atoms with Crippen LogP contribution >= 0.6 is 0 Å². The molecular weight excluding hydrogens is 394 g/mol. The Kier molecular flexibility index (Phi) is 4.94. The van der Waals surface area contributed by atoms with Crippen LogP contribution in [0.3, 0.4) is 0 Å². The predicted molar refractivity (Wildman–Crippen MR) is 114 cm³/mol. The maximum absolute atomic E-state index is 12.3. The summed E-state index contributed by atoms with van der Waals surface area (Å²) in [5.41, 5.74) is 5.43. The number of carboxylic acid groups (broad SMARTS) is 1. The van der Waals surface area contributed by atoms with Gasteiger partial charge in [-0.25, -0.2) is 9.78 Å². The Balaban J connectivity index is 1.20. The van der Waals surface area contributed by atoms with E-state index in [0.717, 1.165) is 5.82 Å². The van der Waals surface area contributed by atoms with Crippen molar-refractivity contribution < 1.29 is 19.4 Å². The summed E-state index contributed by atoms with van der Waals surface area (Å²) in [5.74, 6) is -0.403. The first-order valence-corrected chi connectivity index (χ1v) is 10.5. The number of amides is 1. The average molecular weight is 417 g/mol. The van der Waals surface area contributed by atoms with E-state index in [-0.39, 0.29) is 19.1 Å². The summed E-state index contributed by atoms with van der Waals surface area (Å²) in [6, 6.07) is 16.4. The number of hydrogen-bond acceptors (Lipinski definition) is 4. The Morgan fingerprint density at radius 1 is 1.10 bits per heavy atom. The third kappa shape index (κ3) is 3.67. The second kappa shape index (κ2) is 7.91. The summed E-state index contributed by atoms with van der Waals surface area (Å²) in [6.07, 6.45) is 2.39. The van der Waals surface area contributed by atoms with Gasteiger partial charge in [-0.1, -0.05) is 48.5 Å². The van der Waals surface area contributed by atoms with Crippen LogP contribution in [0, 0.1) is 5.92 Å². The van der Waals surface area contributed by atoms with Crippen LogP contribution in [0.15, 0.2) is 54.7 Å². The lowest BCUT2D eigenvalue weighted by Gasteiger charge is -2.19. The van der Waals surface area contributed by atoms with Gasteiger partial charge >= 0.3 is 12.1 Å². The Morgan fingerprint density at radius 2 is 1.77 bits per heavy atom. The number of imidazole rings is 1. The van der Waals surface area contributed by atoms with Crippen LogP contribution in [0.4, 0.5) is 4.79 Å². The van der Waals surface area contributed by atoms with Crippen LogP contribution < -0.4 is 5.32 Å². The summed E-state index contributed by atoms with van der Waals surface area (Å²) in [4.78, 5) is 28.0. The topological polar surface area (TPSA) is 93.5 Å². The van der Waals surface area contributed by atoms with E-state index in [9.17, 15) is 14.7 Å². The number of carbonyl (C=O) groups excluding carboxylic acids is 1. The smallest absolute Gasteiger partial charge is 0.407 e. The van der Waals surface area contributed by atoms with Crippen molar-refractivity contribution in [1.29, 1.82) is 0 Å². The average Bonchev–Trinajstić information content (AvgIpc) is 3.34. The molecule has 0 bridgehead atoms. The number of nitrogens with zero attached hydrogens (tertiary/aromatic N) is 2. The molecule has 31 heavy (non-hydrogen) atoms. The Morgan fingerprint density at radius 3 is 2.45 bits per heavy atom. The molecule has 1 aromatic heterocycles. The molecule has 0 saturated heterocycles. The number of nitrogens with one attached hydrogen (secondary N) is 1. The molecule has 3 aromatic rings. The summed E-state index contributed by atoms with van der Waals surface area (Å²) >= 11 is 0. The van der Waals surface area contributed by atoms with Gasteiger partial charge in [-0.05, 0) is 28.7 Å². The number of ether oxygens (including phenoxy) is 1. The van der Waals surface area contributed by atoms with Crippen molar-refractivity contribution >= 4 is 12.1 Å². The summed E-state index contributed by atoms with van der Waals surface area (Å²) in [6.45, 7) is 1.14. The third-order valence-electron chi connectivity index (χ3n) is 6.16. The zero-order chi connectivity index (χ0) is 21.4. The van der Waals surface area contributed by atoms with Crippen LogP contribution in [0.5, 0.6) is 0 Å². The van der Waals surface area contributed by atoms with Crippen molar-refractivity contribution in [3.63, 3.8) is 0 Å². The number of alkyl carbamates (subject to hydrolysis) is 1. The van der Waals surface area contributed by atoms with Crippen LogP contribution in [0.25, 0.3) is 11.1 Å². The monoisotopic (exact) mass is 417 g/mol. The summed E-state index contributed by atoms with van der Waals surface area (Å²) < 4.78 is 7.52. The van der Waals surface area contributed by atoms with Gasteiger partial charge < -0.3 is 19.7 Å². The van der Waals surface area contributed by atoms with E-state index in [0.29, 0.717) is 25.1 Å². The Bertz CT molecular complexity index is 1110. The van der Waals surface area contributed by atoms with E-state index >= 15 is 0 Å². The van der Waals surface area contributed by atoms with Gasteiger partial charge in [-0.15, -0.1) is 0 Å². The third-order valence-corrected chi connectivity index (χ3v) is 6.16. The molecule has 2 aliphatic rings. The first kappa shape index (κ1) is 19.4. The molecule has 0 spiro atoms. The zero-order valence-electron chi connectivity index (χ0n) is 17.0. The molecule has 0 saturated carbocycles. The maximum atomic E-state index is 12.3. The van der Waals surface area contributed by atoms with Crippen molar-refractivity contribution in [2.75, 3.05) is 6.61 Å². The minimum Gasteiger partial charge on any atom is -0.481 e. The van der Waals surface area contributed by atoms with E-state index in [1.165, 1.54) is 22.3 Å². The number of aliphatic carboxylic acids is 1. The molecule has 2 heterocycles. The molecule has 7 nitrogen and oxygen atoms in total. The molecule has 1 aliphatic carbocycles. The standard InChI is InChI=1S/C24H23N3O4/c28-23(29)15-9-10-27-13-16(26-22(27)11-15)12-25-24(30)31-14-21-19-7-3-1-5-17(19)18-6-2-4-8-20(18)21/h1-8,13,15,21H,9-12,14H2,(H,25,30)(H,28,29). The molecule has 2 aromatic carbocycles. The lowest BCUT2D eigenvalue weighted by Crippen LogP contribution is -2.26. The number of aromatic nitrogens is 2. The van der Waals surface area contributed by atoms with Crippen molar-refractivity contribution in [3.05, 3.63) is 77.4 Å². The fraction of sp³-hybridized carbons (Fsp3) is 0.292. The molecule has 7 heteroatoms. The van der Waals surface area contributed by atoms with Crippen LogP contribution in [-0.2, 0) is 29.0 Å². The number of hydrogen-bond donors (Lipinski definition) is 2. The van der Waals surface area contributed by atoms with Crippen LogP contribution in [-0.4, -0.2) is 33.3 Å². The molecular formula is C24H23N3O4. The van der Waals surface area contributed by atoms with Crippen LogP contribution in [0.2, 0.25) is 0 Å². The van der Waals surface area contributed by atoms with E-state index in [1.807, 2.05) is 35.0 Å². The number of aryl methyl sites for hydroxylation is 1. The first-order valence-electron chi connectivity index (χ1n) is 10.5. The molecule has 1 amide bonds. The van der Waals surface area contributed by atoms with E-state index in [4.69, 9.17) is 4.74 Å². The van der Waals surface area contributed by atoms with Gasteiger partial charge in [0.2, 0.25) is 0 Å². The van der Waals surface area contributed by atoms with Gasteiger partial charge in [0, 0.05) is 25.1 Å². The molecule has 0 fully saturated rings. The lowest BCUT2D eigenvalue weighted by atomic mass is 9.98. The molecule has 1 aliphatic heterocycles. The van der Waals surface area contributed by atoms with Gasteiger partial charge in [0.25, 0.3) is 0 Å². The van der Waals surface area contributed by atoms with E-state index in [1.54, 1.807) is 0 Å². The number of benzene rings is 2. The minimum absolute atomic E-state index is 0.0195. The van der Waals surface area contributed by atoms with Crippen molar-refractivity contribution in [2.24, 2.45) is 5.92 Å². The first-order chi connectivity index (χ1) is 15.1. The van der Waals surface area contributed by atoms with Gasteiger partial charge in [-0.2, -0.15) is 0 Å². The number of carbonyl (C=O) groups is 2. The Labute approximate surface area is 179 Å². The SMILES string of the molecule is O=C(NCc1cn2c(n1)CC(C(=O)O)CC2)OCC1c2ccccc2-c2ccccc21. The minimum atomic E-state index is -0.785. The molecule has 1 unspecified atom stereocenters. The second-order valence-corrected chi connectivity index (χ2v) is 8.05. The fourth-order valence-corrected chi connectivity index (χ4v) is 4.60. The van der Waals surface area contributed by atoms with E-state index < -0.39 is 18.0 Å². The quantitative estimate of drug-likeness (QED) is 0.662. The summed E-state index contributed by atoms with van der Waals surface area (Å²) in [7, 11) is 0. The number of carboxylic acids is 1. The van der Waals surface area contributed by atoms with Crippen molar-refractivity contribution in [1.82, 2.24) is 14.9 Å². The molecule has 0 radical (unpaired) electrons. The van der Waals surface area contributed by atoms with Crippen molar-refractivity contribution in [3.8, 4) is 11.1 Å². The maximum Gasteiger partial charge on any atom is 0.407 e. The number of fused-ring (bicyclic) bond motifs is 4. The van der Waals surface area contributed by atoms with Gasteiger partial charge in [-0.3, -0.25) is 4.79 Å². The van der Waals surface area contributed by atoms with Gasteiger partial charge in [0.15, 0.2) is 0 Å². The lowest BCUT2D eigenvalue weighted by molar-refractivity contribution is -0.142. The highest BCUT2D eigenvalue weighted by Gasteiger charge is 2.29. The Hall–Kier alpha value is -3.61. The highest BCUT2D eigenvalue weighted by atomic mass is 16.5. The molecule has 158 valence electrons. The zero-order valence-corrected chi connectivity index (χ0v) is 17.0. The predicted octanol–water partition coefficient (Wildman–Crippen LogP) is 3.57. The van der Waals surface area contributed by atoms with Crippen LogP contribution in [0.1, 0.15) is 35.0 Å². The summed E-state index contributed by atoms with van der Waals surface area (Å²) in [5, 5.41) is 12.0. The molecule has 2 N–H and O–H groups in total. The van der Waals surface area contributed by atoms with Gasteiger partial charge in [0.1, 0.15) is 12.4 Å². The van der Waals surface area contributed by atoms with Gasteiger partial charge in [0.05, 0.1) is 18.2 Å². The normalized spacial score (nSPS) is 16.8. The molecule has 1 atom stereocenters. The second-order valence-electron chi connectivity index (χ2n) is 8.05. The molecule has 5 rings (SSSR count). The highest BCUT2D eigenvalue weighted by Crippen LogP contribution is 2.44. The van der Waals surface area contributed by atoms with Crippen molar-refractivity contribution in [2.45, 2.75) is 31.8 Å². The largest absolute Gasteiger partial charge is 0.481 e. The van der Waals surface area contributed by atoms with E-state index in [2.05, 4.69) is 34.6 Å². The highest BCUT2D eigenvalue weighted by molar-refractivity contribution is 5.79. The number of rotatable bonds is 5.